The molecule has 2 nitrogen and oxygen atoms in total. The van der Waals surface area contributed by atoms with Crippen LogP contribution in [-0.4, -0.2) is 18.5 Å². The summed E-state index contributed by atoms with van der Waals surface area (Å²) in [6.45, 7) is 2.13. The summed E-state index contributed by atoms with van der Waals surface area (Å²) in [5, 5.41) is 0. The Morgan fingerprint density at radius 1 is 2.00 bits per heavy atom. The lowest BCUT2D eigenvalue weighted by Gasteiger charge is -1.92. The molecule has 0 aromatic rings. The van der Waals surface area contributed by atoms with E-state index in [2.05, 4.69) is 0 Å². The molecule has 0 spiro atoms. The van der Waals surface area contributed by atoms with Crippen molar-refractivity contribution in [1.82, 2.24) is 0 Å². The molecule has 1 aliphatic heterocycles. The monoisotopic (exact) mass is 99.0 g/mol. The number of rotatable bonds is 0. The molecule has 1 atom stereocenters. The van der Waals surface area contributed by atoms with Crippen molar-refractivity contribution < 1.29 is 9.53 Å². The zero-order valence-electron chi connectivity index (χ0n) is 4.18. The summed E-state index contributed by atoms with van der Waals surface area (Å²) in [7, 11) is 0. The molecule has 1 radical (unpaired) electrons. The maximum Gasteiger partial charge on any atom is 0.164 e. The fourth-order valence-electron chi connectivity index (χ4n) is 0.572. The maximum atomic E-state index is 10.3. The van der Waals surface area contributed by atoms with Gasteiger partial charge in [0.05, 0.1) is 12.5 Å². The van der Waals surface area contributed by atoms with E-state index in [1.54, 1.807) is 6.42 Å². The van der Waals surface area contributed by atoms with Gasteiger partial charge in [0.25, 0.3) is 0 Å². The molecule has 1 saturated heterocycles. The van der Waals surface area contributed by atoms with E-state index in [9.17, 15) is 4.79 Å². The van der Waals surface area contributed by atoms with E-state index in [-0.39, 0.29) is 18.5 Å². The number of carbonyl (C=O) groups is 1. The van der Waals surface area contributed by atoms with Gasteiger partial charge in [-0.1, -0.05) is 0 Å². The van der Waals surface area contributed by atoms with Crippen LogP contribution in [-0.2, 0) is 9.53 Å². The smallest absolute Gasteiger partial charge is 0.164 e. The Morgan fingerprint density at radius 3 is 2.86 bits per heavy atom. The Labute approximate surface area is 42.5 Å². The van der Waals surface area contributed by atoms with Gasteiger partial charge in [-0.3, -0.25) is 4.79 Å². The van der Waals surface area contributed by atoms with Crippen molar-refractivity contribution in [3.8, 4) is 0 Å². The Balaban J connectivity index is 2.40. The quantitative estimate of drug-likeness (QED) is 0.433. The number of ether oxygens (including phenoxy) is 1. The number of ketones is 1. The van der Waals surface area contributed by atoms with Crippen molar-refractivity contribution in [3.05, 3.63) is 6.42 Å². The summed E-state index contributed by atoms with van der Waals surface area (Å²) < 4.78 is 4.86. The highest BCUT2D eigenvalue weighted by Crippen LogP contribution is 2.04. The van der Waals surface area contributed by atoms with Crippen LogP contribution in [0.2, 0.25) is 0 Å². The molecule has 39 valence electrons. The van der Waals surface area contributed by atoms with Crippen LogP contribution in [0.1, 0.15) is 6.92 Å². The standard InChI is InChI=1S/C5H7O2/c1-4-2-5(6)3-7-4/h2,4H,3H2,1H3. The summed E-state index contributed by atoms with van der Waals surface area (Å²) in [5.74, 6) is 0.104. The Kier molecular flexibility index (Phi) is 1.11. The highest BCUT2D eigenvalue weighted by atomic mass is 16.5. The first-order valence-electron chi connectivity index (χ1n) is 2.28. The van der Waals surface area contributed by atoms with Crippen LogP contribution in [0.4, 0.5) is 0 Å². The molecule has 0 aromatic carbocycles. The molecule has 0 saturated carbocycles. The molecule has 1 fully saturated rings. The molecule has 1 heterocycles. The third-order valence-electron chi connectivity index (χ3n) is 0.909. The molecular weight excluding hydrogens is 92.1 g/mol. The minimum atomic E-state index is 0.0486. The van der Waals surface area contributed by atoms with Crippen LogP contribution in [0.5, 0.6) is 0 Å². The number of Topliss-reactive ketones (excluding diaryl/α,β-unsaturated/α-hetero) is 1. The summed E-state index contributed by atoms with van der Waals surface area (Å²) in [6.07, 6.45) is 1.63. The van der Waals surface area contributed by atoms with Gasteiger partial charge in [-0.15, -0.1) is 0 Å². The molecule has 0 bridgehead atoms. The van der Waals surface area contributed by atoms with Crippen LogP contribution < -0.4 is 0 Å². The van der Waals surface area contributed by atoms with Crippen molar-refractivity contribution in [1.29, 1.82) is 0 Å². The van der Waals surface area contributed by atoms with Gasteiger partial charge in [0.1, 0.15) is 6.61 Å². The number of hydrogen-bond donors (Lipinski definition) is 0. The van der Waals surface area contributed by atoms with E-state index in [4.69, 9.17) is 4.74 Å². The van der Waals surface area contributed by atoms with Crippen molar-refractivity contribution in [2.75, 3.05) is 6.61 Å². The molecule has 0 aromatic heterocycles. The van der Waals surface area contributed by atoms with E-state index in [1.807, 2.05) is 6.92 Å². The van der Waals surface area contributed by atoms with Crippen LogP contribution in [0.25, 0.3) is 0 Å². The summed E-state index contributed by atoms with van der Waals surface area (Å²) >= 11 is 0. The fourth-order valence-corrected chi connectivity index (χ4v) is 0.572. The predicted octanol–water partition coefficient (Wildman–Crippen LogP) is 0.178. The number of carbonyl (C=O) groups excluding carboxylic acids is 1. The van der Waals surface area contributed by atoms with Crippen LogP contribution in [0.15, 0.2) is 0 Å². The molecule has 0 N–H and O–H groups in total. The third-order valence-corrected chi connectivity index (χ3v) is 0.909. The van der Waals surface area contributed by atoms with Crippen molar-refractivity contribution >= 4 is 5.78 Å². The van der Waals surface area contributed by atoms with Gasteiger partial charge in [0.15, 0.2) is 5.78 Å². The van der Waals surface area contributed by atoms with E-state index in [0.29, 0.717) is 0 Å². The maximum absolute atomic E-state index is 10.3. The Morgan fingerprint density at radius 2 is 2.71 bits per heavy atom. The van der Waals surface area contributed by atoms with Crippen LogP contribution in [0, 0.1) is 6.42 Å². The van der Waals surface area contributed by atoms with Crippen molar-refractivity contribution in [3.63, 3.8) is 0 Å². The molecule has 0 aliphatic carbocycles. The van der Waals surface area contributed by atoms with Gasteiger partial charge in [0, 0.05) is 0 Å². The zero-order valence-corrected chi connectivity index (χ0v) is 4.18. The highest BCUT2D eigenvalue weighted by Gasteiger charge is 2.17. The third kappa shape index (κ3) is 0.996. The second kappa shape index (κ2) is 1.62. The fraction of sp³-hybridized carbons (Fsp3) is 0.600. The molecule has 1 rings (SSSR count). The average Bonchev–Trinajstić information content (AvgIpc) is 1.87. The summed E-state index contributed by atoms with van der Waals surface area (Å²) in [6, 6.07) is 0. The molecular formula is C5H7O2. The van der Waals surface area contributed by atoms with Gasteiger partial charge in [-0.05, 0) is 6.92 Å². The van der Waals surface area contributed by atoms with Gasteiger partial charge in [0.2, 0.25) is 0 Å². The molecule has 7 heavy (non-hydrogen) atoms. The topological polar surface area (TPSA) is 26.3 Å². The van der Waals surface area contributed by atoms with Gasteiger partial charge in [-0.2, -0.15) is 0 Å². The second-order valence-electron chi connectivity index (χ2n) is 1.65. The average molecular weight is 99.1 g/mol. The van der Waals surface area contributed by atoms with Gasteiger partial charge in [-0.25, -0.2) is 0 Å². The second-order valence-corrected chi connectivity index (χ2v) is 1.65. The molecule has 1 aliphatic rings. The lowest BCUT2D eigenvalue weighted by molar-refractivity contribution is -0.116. The summed E-state index contributed by atoms with van der Waals surface area (Å²) in [5.41, 5.74) is 0. The predicted molar refractivity (Wildman–Crippen MR) is 24.7 cm³/mol. The first-order chi connectivity index (χ1) is 3.29. The first kappa shape index (κ1) is 4.78. The molecule has 2 heteroatoms. The largest absolute Gasteiger partial charge is 0.370 e. The molecule has 1 unspecified atom stereocenters. The zero-order chi connectivity index (χ0) is 5.28. The lowest BCUT2D eigenvalue weighted by Crippen LogP contribution is -1.96. The van der Waals surface area contributed by atoms with Gasteiger partial charge >= 0.3 is 0 Å². The Bertz CT molecular complexity index is 88.1. The first-order valence-corrected chi connectivity index (χ1v) is 2.28. The highest BCUT2D eigenvalue weighted by molar-refractivity contribution is 5.90. The number of hydrogen-bond acceptors (Lipinski definition) is 2. The van der Waals surface area contributed by atoms with E-state index < -0.39 is 0 Å². The van der Waals surface area contributed by atoms with Crippen LogP contribution in [0.3, 0.4) is 0 Å². The van der Waals surface area contributed by atoms with Crippen LogP contribution >= 0.6 is 0 Å². The normalized spacial score (nSPS) is 31.6. The minimum Gasteiger partial charge on any atom is -0.370 e. The van der Waals surface area contributed by atoms with E-state index in [0.717, 1.165) is 0 Å². The minimum absolute atomic E-state index is 0.0486. The van der Waals surface area contributed by atoms with Crippen molar-refractivity contribution in [2.45, 2.75) is 13.0 Å². The van der Waals surface area contributed by atoms with Crippen molar-refractivity contribution in [2.24, 2.45) is 0 Å². The summed E-state index contributed by atoms with van der Waals surface area (Å²) in [4.78, 5) is 10.3. The van der Waals surface area contributed by atoms with Gasteiger partial charge < -0.3 is 4.74 Å². The SMILES string of the molecule is CC1[CH]C(=O)CO1. The van der Waals surface area contributed by atoms with E-state index in [1.165, 1.54) is 0 Å². The van der Waals surface area contributed by atoms with E-state index >= 15 is 0 Å². The Hall–Kier alpha value is -0.370. The lowest BCUT2D eigenvalue weighted by atomic mass is 10.2. The molecule has 0 amide bonds.